The van der Waals surface area contributed by atoms with E-state index in [1.807, 2.05) is 30.3 Å². The fraction of sp³-hybridized carbons (Fsp3) is 0.333. The number of aliphatic hydroxyl groups excluding tert-OH is 1. The van der Waals surface area contributed by atoms with Crippen LogP contribution in [-0.2, 0) is 6.61 Å². The normalized spacial score (nSPS) is 9.79. The summed E-state index contributed by atoms with van der Waals surface area (Å²) in [5.41, 5.74) is 0.906. The summed E-state index contributed by atoms with van der Waals surface area (Å²) >= 11 is 0. The molecule has 14 heavy (non-hydrogen) atoms. The fourth-order valence-corrected chi connectivity index (χ4v) is 1.11. The van der Waals surface area contributed by atoms with Crippen molar-refractivity contribution >= 4 is 0 Å². The molecule has 0 aromatic heterocycles. The minimum Gasteiger partial charge on any atom is -0.494 e. The minimum atomic E-state index is 0.0801. The number of unbranched alkanes of at least 4 members (excludes halogenated alkanes) is 1. The Balaban J connectivity index is 2.32. The first kappa shape index (κ1) is 10.8. The van der Waals surface area contributed by atoms with Gasteiger partial charge in [-0.25, -0.2) is 0 Å². The lowest BCUT2D eigenvalue weighted by molar-refractivity contribution is 0.281. The smallest absolute Gasteiger partial charge is 0.119 e. The van der Waals surface area contributed by atoms with Gasteiger partial charge in [-0.05, 0) is 30.5 Å². The Morgan fingerprint density at radius 2 is 2.00 bits per heavy atom. The zero-order valence-electron chi connectivity index (χ0n) is 8.28. The van der Waals surface area contributed by atoms with E-state index in [0.717, 1.165) is 24.2 Å². The van der Waals surface area contributed by atoms with Gasteiger partial charge in [-0.15, -0.1) is 6.58 Å². The van der Waals surface area contributed by atoms with E-state index in [2.05, 4.69) is 6.58 Å². The maximum atomic E-state index is 8.82. The van der Waals surface area contributed by atoms with Crippen LogP contribution in [0, 0.1) is 0 Å². The second-order valence-electron chi connectivity index (χ2n) is 3.08. The van der Waals surface area contributed by atoms with Crippen LogP contribution in [0.25, 0.3) is 0 Å². The molecule has 0 heterocycles. The molecule has 1 N–H and O–H groups in total. The lowest BCUT2D eigenvalue weighted by Gasteiger charge is -2.05. The zero-order chi connectivity index (χ0) is 10.2. The second-order valence-corrected chi connectivity index (χ2v) is 3.08. The molecular weight excluding hydrogens is 176 g/mol. The minimum absolute atomic E-state index is 0.0801. The summed E-state index contributed by atoms with van der Waals surface area (Å²) in [6, 6.07) is 7.48. The highest BCUT2D eigenvalue weighted by molar-refractivity contribution is 5.26. The summed E-state index contributed by atoms with van der Waals surface area (Å²) in [6.07, 6.45) is 3.86. The molecule has 0 unspecified atom stereocenters. The molecule has 0 fully saturated rings. The molecule has 2 heteroatoms. The lowest BCUT2D eigenvalue weighted by atomic mass is 10.2. The summed E-state index contributed by atoms with van der Waals surface area (Å²) in [6.45, 7) is 4.44. The molecule has 0 aliphatic rings. The summed E-state index contributed by atoms with van der Waals surface area (Å²) in [7, 11) is 0. The summed E-state index contributed by atoms with van der Waals surface area (Å²) in [5.74, 6) is 0.853. The third kappa shape index (κ3) is 3.62. The van der Waals surface area contributed by atoms with Crippen LogP contribution in [0.1, 0.15) is 18.4 Å². The van der Waals surface area contributed by atoms with Crippen molar-refractivity contribution in [1.29, 1.82) is 0 Å². The van der Waals surface area contributed by atoms with Crippen molar-refractivity contribution < 1.29 is 9.84 Å². The molecule has 1 aromatic carbocycles. The number of rotatable bonds is 6. The Bertz CT molecular complexity index is 264. The Morgan fingerprint density at radius 3 is 2.57 bits per heavy atom. The van der Waals surface area contributed by atoms with Gasteiger partial charge in [0.05, 0.1) is 13.2 Å². The van der Waals surface area contributed by atoms with E-state index in [-0.39, 0.29) is 6.61 Å². The van der Waals surface area contributed by atoms with Crippen LogP contribution in [0.4, 0.5) is 0 Å². The predicted molar refractivity (Wildman–Crippen MR) is 57.3 cm³/mol. The molecule has 0 bridgehead atoms. The molecule has 0 aliphatic heterocycles. The Labute approximate surface area is 84.8 Å². The number of aliphatic hydroxyl groups is 1. The van der Waals surface area contributed by atoms with Gasteiger partial charge in [0, 0.05) is 0 Å². The molecule has 0 amide bonds. The van der Waals surface area contributed by atoms with Gasteiger partial charge in [0.1, 0.15) is 5.75 Å². The van der Waals surface area contributed by atoms with Crippen molar-refractivity contribution in [2.75, 3.05) is 6.61 Å². The largest absolute Gasteiger partial charge is 0.494 e. The van der Waals surface area contributed by atoms with Crippen molar-refractivity contribution in [2.24, 2.45) is 0 Å². The summed E-state index contributed by atoms with van der Waals surface area (Å²) < 4.78 is 5.48. The zero-order valence-corrected chi connectivity index (χ0v) is 8.28. The van der Waals surface area contributed by atoms with Crippen molar-refractivity contribution in [1.82, 2.24) is 0 Å². The quantitative estimate of drug-likeness (QED) is 0.554. The number of allylic oxidation sites excluding steroid dienone is 1. The third-order valence-electron chi connectivity index (χ3n) is 1.93. The number of hydrogen-bond acceptors (Lipinski definition) is 2. The molecular formula is C12H16O2. The predicted octanol–water partition coefficient (Wildman–Crippen LogP) is 2.52. The first-order chi connectivity index (χ1) is 6.86. The van der Waals surface area contributed by atoms with Gasteiger partial charge in [0.15, 0.2) is 0 Å². The van der Waals surface area contributed by atoms with Crippen LogP contribution < -0.4 is 4.74 Å². The van der Waals surface area contributed by atoms with Crippen LogP contribution in [-0.4, -0.2) is 11.7 Å². The number of benzene rings is 1. The van der Waals surface area contributed by atoms with E-state index < -0.39 is 0 Å². The molecule has 2 nitrogen and oxygen atoms in total. The summed E-state index contributed by atoms with van der Waals surface area (Å²) in [5, 5.41) is 8.82. The van der Waals surface area contributed by atoms with E-state index in [4.69, 9.17) is 9.84 Å². The van der Waals surface area contributed by atoms with Crippen molar-refractivity contribution in [3.05, 3.63) is 42.5 Å². The molecule has 0 saturated heterocycles. The first-order valence-electron chi connectivity index (χ1n) is 4.80. The molecule has 0 atom stereocenters. The second kappa shape index (κ2) is 6.22. The lowest BCUT2D eigenvalue weighted by Crippen LogP contribution is -1.96. The van der Waals surface area contributed by atoms with Gasteiger partial charge in [-0.1, -0.05) is 18.2 Å². The molecule has 76 valence electrons. The van der Waals surface area contributed by atoms with Gasteiger partial charge in [-0.2, -0.15) is 0 Å². The average Bonchev–Trinajstić information content (AvgIpc) is 2.25. The highest BCUT2D eigenvalue weighted by Gasteiger charge is 1.93. The molecule has 0 radical (unpaired) electrons. The topological polar surface area (TPSA) is 29.5 Å². The highest BCUT2D eigenvalue weighted by Crippen LogP contribution is 2.12. The molecule has 0 spiro atoms. The molecule has 0 saturated carbocycles. The molecule has 1 rings (SSSR count). The van der Waals surface area contributed by atoms with E-state index in [0.29, 0.717) is 6.61 Å². The summed E-state index contributed by atoms with van der Waals surface area (Å²) in [4.78, 5) is 0. The van der Waals surface area contributed by atoms with Crippen LogP contribution >= 0.6 is 0 Å². The van der Waals surface area contributed by atoms with Crippen molar-refractivity contribution in [2.45, 2.75) is 19.4 Å². The van der Waals surface area contributed by atoms with Gasteiger partial charge in [0.2, 0.25) is 0 Å². The SMILES string of the molecule is C=CCCCOc1ccc(CO)cc1. The van der Waals surface area contributed by atoms with Crippen molar-refractivity contribution in [3.8, 4) is 5.75 Å². The standard InChI is InChI=1S/C12H16O2/c1-2-3-4-9-14-12-7-5-11(10-13)6-8-12/h2,5-8,13H,1,3-4,9-10H2. The van der Waals surface area contributed by atoms with Gasteiger partial charge in [-0.3, -0.25) is 0 Å². The van der Waals surface area contributed by atoms with Crippen LogP contribution in [0.3, 0.4) is 0 Å². The van der Waals surface area contributed by atoms with E-state index in [1.54, 1.807) is 0 Å². The average molecular weight is 192 g/mol. The first-order valence-corrected chi connectivity index (χ1v) is 4.80. The number of ether oxygens (including phenoxy) is 1. The molecule has 1 aromatic rings. The Morgan fingerprint density at radius 1 is 1.29 bits per heavy atom. The van der Waals surface area contributed by atoms with Crippen molar-refractivity contribution in [3.63, 3.8) is 0 Å². The highest BCUT2D eigenvalue weighted by atomic mass is 16.5. The van der Waals surface area contributed by atoms with E-state index in [9.17, 15) is 0 Å². The van der Waals surface area contributed by atoms with Gasteiger partial charge in [0.25, 0.3) is 0 Å². The fourth-order valence-electron chi connectivity index (χ4n) is 1.11. The maximum absolute atomic E-state index is 8.82. The van der Waals surface area contributed by atoms with Crippen LogP contribution in [0.15, 0.2) is 36.9 Å². The number of hydrogen-bond donors (Lipinski definition) is 1. The monoisotopic (exact) mass is 192 g/mol. The maximum Gasteiger partial charge on any atom is 0.119 e. The third-order valence-corrected chi connectivity index (χ3v) is 1.93. The Kier molecular flexibility index (Phi) is 4.79. The molecule has 0 aliphatic carbocycles. The van der Waals surface area contributed by atoms with E-state index >= 15 is 0 Å². The Hall–Kier alpha value is -1.28. The van der Waals surface area contributed by atoms with Crippen LogP contribution in [0.5, 0.6) is 5.75 Å². The van der Waals surface area contributed by atoms with Gasteiger partial charge < -0.3 is 9.84 Å². The van der Waals surface area contributed by atoms with Gasteiger partial charge >= 0.3 is 0 Å². The van der Waals surface area contributed by atoms with E-state index in [1.165, 1.54) is 0 Å². The van der Waals surface area contributed by atoms with Crippen LogP contribution in [0.2, 0.25) is 0 Å².